The molecule has 0 heteroatoms. The molecule has 80 valence electrons. The molecule has 0 nitrogen and oxygen atoms in total. The van der Waals surface area contributed by atoms with Gasteiger partial charge in [-0.05, 0) is 28.7 Å². The minimum Gasteiger partial charge on any atom is -0.0776 e. The van der Waals surface area contributed by atoms with E-state index in [2.05, 4.69) is 59.8 Å². The molecular weight excluding hydrogens is 168 g/mol. The molecule has 0 saturated carbocycles. The van der Waals surface area contributed by atoms with Gasteiger partial charge in [-0.2, -0.15) is 0 Å². The van der Waals surface area contributed by atoms with Gasteiger partial charge in [0.15, 0.2) is 0 Å². The lowest BCUT2D eigenvalue weighted by Gasteiger charge is -2.42. The van der Waals surface area contributed by atoms with E-state index in [9.17, 15) is 0 Å². The molecule has 0 bridgehead atoms. The van der Waals surface area contributed by atoms with Crippen molar-refractivity contribution in [3.63, 3.8) is 0 Å². The first-order chi connectivity index (χ1) is 6.31. The first-order valence-corrected chi connectivity index (χ1v) is 5.72. The molecule has 0 aromatic heterocycles. The third-order valence-corrected chi connectivity index (χ3v) is 4.02. The van der Waals surface area contributed by atoms with Crippen LogP contribution >= 0.6 is 0 Å². The zero-order valence-electron chi connectivity index (χ0n) is 10.5. The zero-order chi connectivity index (χ0) is 11.0. The van der Waals surface area contributed by atoms with E-state index in [0.29, 0.717) is 16.7 Å². The predicted molar refractivity (Wildman–Crippen MR) is 64.2 cm³/mol. The monoisotopic (exact) mass is 192 g/mol. The van der Waals surface area contributed by atoms with Crippen LogP contribution in [0, 0.1) is 16.7 Å². The summed E-state index contributed by atoms with van der Waals surface area (Å²) in [4.78, 5) is 0. The fraction of sp³-hybridized carbons (Fsp3) is 0.714. The topological polar surface area (TPSA) is 0 Å². The summed E-state index contributed by atoms with van der Waals surface area (Å²) in [5.41, 5.74) is 2.18. The van der Waals surface area contributed by atoms with Gasteiger partial charge in [-0.15, -0.1) is 0 Å². The summed E-state index contributed by atoms with van der Waals surface area (Å²) in [7, 11) is 0. The van der Waals surface area contributed by atoms with Crippen molar-refractivity contribution in [2.75, 3.05) is 0 Å². The normalized spacial score (nSPS) is 26.1. The second-order valence-electron chi connectivity index (χ2n) is 5.78. The quantitative estimate of drug-likeness (QED) is 0.600. The van der Waals surface area contributed by atoms with Gasteiger partial charge in [-0.3, -0.25) is 0 Å². The Labute approximate surface area is 89.1 Å². The van der Waals surface area contributed by atoms with Gasteiger partial charge in [0.05, 0.1) is 0 Å². The first-order valence-electron chi connectivity index (χ1n) is 5.72. The first kappa shape index (κ1) is 11.6. The molecule has 0 radical (unpaired) electrons. The van der Waals surface area contributed by atoms with Crippen LogP contribution in [-0.2, 0) is 0 Å². The number of hydrogen-bond acceptors (Lipinski definition) is 0. The molecule has 2 unspecified atom stereocenters. The lowest BCUT2D eigenvalue weighted by molar-refractivity contribution is 0.152. The van der Waals surface area contributed by atoms with Crippen molar-refractivity contribution in [2.45, 2.75) is 48.0 Å². The van der Waals surface area contributed by atoms with Gasteiger partial charge in [-0.1, -0.05) is 59.8 Å². The van der Waals surface area contributed by atoms with Crippen LogP contribution in [0.25, 0.3) is 0 Å². The van der Waals surface area contributed by atoms with Crippen molar-refractivity contribution < 1.29 is 0 Å². The van der Waals surface area contributed by atoms with E-state index in [1.807, 2.05) is 0 Å². The van der Waals surface area contributed by atoms with Crippen molar-refractivity contribution in [1.29, 1.82) is 0 Å². The second kappa shape index (κ2) is 3.56. The third kappa shape index (κ3) is 1.80. The highest BCUT2D eigenvalue weighted by atomic mass is 14.4. The van der Waals surface area contributed by atoms with Crippen LogP contribution in [0.2, 0.25) is 0 Å². The fourth-order valence-electron chi connectivity index (χ4n) is 2.19. The van der Waals surface area contributed by atoms with Gasteiger partial charge in [0, 0.05) is 0 Å². The molecule has 0 heterocycles. The van der Waals surface area contributed by atoms with Gasteiger partial charge in [0.25, 0.3) is 0 Å². The maximum Gasteiger partial charge on any atom is -0.00324 e. The Kier molecular flexibility index (Phi) is 2.94. The van der Waals surface area contributed by atoms with Gasteiger partial charge >= 0.3 is 0 Å². The Morgan fingerprint density at radius 2 is 1.79 bits per heavy atom. The van der Waals surface area contributed by atoms with Crippen LogP contribution in [-0.4, -0.2) is 0 Å². The van der Waals surface area contributed by atoms with E-state index in [0.717, 1.165) is 0 Å². The number of rotatable bonds is 2. The standard InChI is InChI=1S/C14H24/c1-7-14(6,13(3,4)5)12-9-8-11(2)10-12/h8-11H,7H2,1-6H3. The summed E-state index contributed by atoms with van der Waals surface area (Å²) in [5, 5.41) is 0. The highest BCUT2D eigenvalue weighted by molar-refractivity contribution is 5.35. The Morgan fingerprint density at radius 1 is 1.21 bits per heavy atom. The molecule has 0 spiro atoms. The second-order valence-corrected chi connectivity index (χ2v) is 5.78. The summed E-state index contributed by atoms with van der Waals surface area (Å²) in [6, 6.07) is 0. The van der Waals surface area contributed by atoms with E-state index < -0.39 is 0 Å². The molecule has 2 atom stereocenters. The summed E-state index contributed by atoms with van der Waals surface area (Å²) < 4.78 is 0. The smallest absolute Gasteiger partial charge is 0.00324 e. The maximum absolute atomic E-state index is 2.41. The molecule has 0 N–H and O–H groups in total. The van der Waals surface area contributed by atoms with Crippen LogP contribution in [0.5, 0.6) is 0 Å². The predicted octanol–water partition coefficient (Wildman–Crippen LogP) is 4.58. The van der Waals surface area contributed by atoms with E-state index in [1.54, 1.807) is 0 Å². The van der Waals surface area contributed by atoms with Gasteiger partial charge in [-0.25, -0.2) is 0 Å². The SMILES string of the molecule is CCC(C)(C1=CC(C)C=C1)C(C)(C)C. The highest BCUT2D eigenvalue weighted by Gasteiger charge is 2.38. The van der Waals surface area contributed by atoms with E-state index in [4.69, 9.17) is 0 Å². The molecule has 0 aliphatic heterocycles. The van der Waals surface area contributed by atoms with Crippen molar-refractivity contribution in [3.05, 3.63) is 23.8 Å². The van der Waals surface area contributed by atoms with Crippen LogP contribution in [0.1, 0.15) is 48.0 Å². The Balaban J connectivity index is 3.03. The molecule has 1 aliphatic rings. The van der Waals surface area contributed by atoms with E-state index in [-0.39, 0.29) is 0 Å². The summed E-state index contributed by atoms with van der Waals surface area (Å²) in [6.07, 6.45) is 8.24. The van der Waals surface area contributed by atoms with Crippen molar-refractivity contribution in [3.8, 4) is 0 Å². The molecule has 0 fully saturated rings. The minimum atomic E-state index is 0.314. The van der Waals surface area contributed by atoms with Crippen molar-refractivity contribution in [2.24, 2.45) is 16.7 Å². The lowest BCUT2D eigenvalue weighted by atomic mass is 9.62. The molecule has 0 amide bonds. The lowest BCUT2D eigenvalue weighted by Crippen LogP contribution is -2.33. The zero-order valence-corrected chi connectivity index (χ0v) is 10.5. The van der Waals surface area contributed by atoms with Crippen LogP contribution in [0.4, 0.5) is 0 Å². The van der Waals surface area contributed by atoms with Crippen molar-refractivity contribution >= 4 is 0 Å². The highest BCUT2D eigenvalue weighted by Crippen LogP contribution is 2.49. The molecule has 0 saturated heterocycles. The van der Waals surface area contributed by atoms with E-state index >= 15 is 0 Å². The maximum atomic E-state index is 2.41. The van der Waals surface area contributed by atoms with Crippen molar-refractivity contribution in [1.82, 2.24) is 0 Å². The molecule has 0 aromatic carbocycles. The summed E-state index contributed by atoms with van der Waals surface area (Å²) >= 11 is 0. The summed E-state index contributed by atoms with van der Waals surface area (Å²) in [6.45, 7) is 14.0. The largest absolute Gasteiger partial charge is 0.0776 e. The average molecular weight is 192 g/mol. The third-order valence-electron chi connectivity index (χ3n) is 4.02. The van der Waals surface area contributed by atoms with Crippen LogP contribution in [0.15, 0.2) is 23.8 Å². The number of hydrogen-bond donors (Lipinski definition) is 0. The molecule has 0 aromatic rings. The minimum absolute atomic E-state index is 0.314. The van der Waals surface area contributed by atoms with Gasteiger partial charge < -0.3 is 0 Å². The van der Waals surface area contributed by atoms with Crippen LogP contribution < -0.4 is 0 Å². The van der Waals surface area contributed by atoms with E-state index in [1.165, 1.54) is 12.0 Å². The Morgan fingerprint density at radius 3 is 2.07 bits per heavy atom. The summed E-state index contributed by atoms with van der Waals surface area (Å²) in [5.74, 6) is 0.623. The average Bonchev–Trinajstić information content (AvgIpc) is 2.48. The Hall–Kier alpha value is -0.520. The van der Waals surface area contributed by atoms with Crippen LogP contribution in [0.3, 0.4) is 0 Å². The van der Waals surface area contributed by atoms with Gasteiger partial charge in [0.2, 0.25) is 0 Å². The molecular formula is C14H24. The number of allylic oxidation sites excluding steroid dienone is 4. The Bertz CT molecular complexity index is 262. The van der Waals surface area contributed by atoms with Gasteiger partial charge in [0.1, 0.15) is 0 Å². The molecule has 1 rings (SSSR count). The molecule has 1 aliphatic carbocycles. The fourth-order valence-corrected chi connectivity index (χ4v) is 2.19. The molecule has 14 heavy (non-hydrogen) atoms.